The predicted octanol–water partition coefficient (Wildman–Crippen LogP) is 5.86. The normalized spacial score (nSPS) is 10.8. The topological polar surface area (TPSA) is 86.1 Å². The highest BCUT2D eigenvalue weighted by Crippen LogP contribution is 2.36. The van der Waals surface area contributed by atoms with Crippen LogP contribution in [0.3, 0.4) is 0 Å². The molecule has 0 aliphatic heterocycles. The van der Waals surface area contributed by atoms with E-state index in [0.717, 1.165) is 16.7 Å². The first kappa shape index (κ1) is 24.0. The number of halogens is 1. The van der Waals surface area contributed by atoms with E-state index in [2.05, 4.69) is 15.5 Å². The number of amides is 1. The number of carbonyl (C=O) groups excluding carboxylic acids is 2. The molecule has 2 aromatic heterocycles. The van der Waals surface area contributed by atoms with Crippen LogP contribution in [0.4, 0.5) is 5.00 Å². The van der Waals surface area contributed by atoms with Crippen molar-refractivity contribution in [2.75, 3.05) is 18.2 Å². The highest BCUT2D eigenvalue weighted by molar-refractivity contribution is 7.99. The number of methoxy groups -OCH3 is 1. The Morgan fingerprint density at radius 1 is 1.12 bits per heavy atom. The zero-order valence-corrected chi connectivity index (χ0v) is 20.8. The molecular formula is C24H21ClN4O3S2. The minimum absolute atomic E-state index is 0.104. The quantitative estimate of drug-likeness (QED) is 0.235. The number of anilines is 1. The molecule has 1 N–H and O–H groups in total. The van der Waals surface area contributed by atoms with Gasteiger partial charge in [0.05, 0.1) is 12.9 Å². The van der Waals surface area contributed by atoms with Crippen LogP contribution in [0.25, 0.3) is 22.5 Å². The number of hydrogen-bond acceptors (Lipinski definition) is 7. The summed E-state index contributed by atoms with van der Waals surface area (Å²) in [7, 11) is 1.32. The van der Waals surface area contributed by atoms with Crippen LogP contribution in [0.2, 0.25) is 5.02 Å². The fraction of sp³-hybridized carbons (Fsp3) is 0.167. The molecule has 1 amide bonds. The number of esters is 1. The smallest absolute Gasteiger partial charge is 0.341 e. The van der Waals surface area contributed by atoms with Gasteiger partial charge in [-0.05, 0) is 24.6 Å². The molecule has 10 heteroatoms. The molecule has 0 bridgehead atoms. The number of carbonyl (C=O) groups is 2. The molecule has 7 nitrogen and oxygen atoms in total. The van der Waals surface area contributed by atoms with Crippen LogP contribution in [0.5, 0.6) is 0 Å². The molecule has 0 saturated carbocycles. The van der Waals surface area contributed by atoms with Crippen molar-refractivity contribution in [2.24, 2.45) is 0 Å². The first-order valence-electron chi connectivity index (χ1n) is 10.4. The van der Waals surface area contributed by atoms with Crippen molar-refractivity contribution < 1.29 is 14.3 Å². The summed E-state index contributed by atoms with van der Waals surface area (Å²) in [6.45, 7) is 2.62. The Kier molecular flexibility index (Phi) is 7.66. The molecule has 4 aromatic rings. The summed E-state index contributed by atoms with van der Waals surface area (Å²) in [5.74, 6) is 0.0329. The molecule has 0 unspecified atom stereocenters. The Morgan fingerprint density at radius 2 is 1.88 bits per heavy atom. The lowest BCUT2D eigenvalue weighted by Gasteiger charge is -2.09. The second kappa shape index (κ2) is 10.9. The highest BCUT2D eigenvalue weighted by Gasteiger charge is 2.23. The molecule has 0 atom stereocenters. The van der Waals surface area contributed by atoms with Gasteiger partial charge in [0, 0.05) is 28.1 Å². The highest BCUT2D eigenvalue weighted by atomic mass is 35.5. The number of ether oxygens (including phenoxy) is 1. The molecule has 0 aliphatic rings. The second-order valence-electron chi connectivity index (χ2n) is 7.11. The largest absolute Gasteiger partial charge is 0.465 e. The molecule has 2 aromatic carbocycles. The van der Waals surface area contributed by atoms with Gasteiger partial charge in [-0.2, -0.15) is 0 Å². The van der Waals surface area contributed by atoms with Crippen LogP contribution in [-0.2, 0) is 16.1 Å². The number of thiophene rings is 1. The number of nitrogens with zero attached hydrogens (tertiary/aromatic N) is 3. The van der Waals surface area contributed by atoms with E-state index in [4.69, 9.17) is 16.3 Å². The maximum Gasteiger partial charge on any atom is 0.341 e. The van der Waals surface area contributed by atoms with E-state index in [1.807, 2.05) is 65.4 Å². The lowest BCUT2D eigenvalue weighted by molar-refractivity contribution is -0.113. The van der Waals surface area contributed by atoms with Crippen molar-refractivity contribution in [3.8, 4) is 22.5 Å². The average Bonchev–Trinajstić information content (AvgIpc) is 3.46. The van der Waals surface area contributed by atoms with Gasteiger partial charge in [0.2, 0.25) is 5.91 Å². The maximum absolute atomic E-state index is 12.8. The summed E-state index contributed by atoms with van der Waals surface area (Å²) < 4.78 is 6.90. The van der Waals surface area contributed by atoms with Crippen molar-refractivity contribution in [1.82, 2.24) is 14.8 Å². The number of nitrogens with one attached hydrogen (secondary N) is 1. The van der Waals surface area contributed by atoms with Gasteiger partial charge >= 0.3 is 5.97 Å². The molecule has 0 aliphatic carbocycles. The average molecular weight is 513 g/mol. The molecular weight excluding hydrogens is 492 g/mol. The molecule has 174 valence electrons. The van der Waals surface area contributed by atoms with E-state index < -0.39 is 5.97 Å². The standard InChI is InChI=1S/C24H21ClN4O3S2/c1-3-29-21(16-10-7-11-17(25)12-16)27-28-24(29)34-14-19(30)26-22-20(23(31)32-2)18(13-33-22)15-8-5-4-6-9-15/h4-13H,3,14H2,1-2H3,(H,26,30). The second-order valence-corrected chi connectivity index (χ2v) is 9.37. The van der Waals surface area contributed by atoms with Crippen molar-refractivity contribution in [2.45, 2.75) is 18.6 Å². The third kappa shape index (κ3) is 5.16. The van der Waals surface area contributed by atoms with Crippen molar-refractivity contribution in [3.05, 3.63) is 70.6 Å². The number of thioether (sulfide) groups is 1. The fourth-order valence-corrected chi connectivity index (χ4v) is 5.37. The minimum atomic E-state index is -0.500. The Bertz CT molecular complexity index is 1320. The van der Waals surface area contributed by atoms with E-state index >= 15 is 0 Å². The van der Waals surface area contributed by atoms with Gasteiger partial charge in [-0.1, -0.05) is 65.8 Å². The third-order valence-corrected chi connectivity index (χ3v) is 7.06. The minimum Gasteiger partial charge on any atom is -0.465 e. The molecule has 4 rings (SSSR count). The van der Waals surface area contributed by atoms with Crippen LogP contribution in [0.15, 0.2) is 65.1 Å². The van der Waals surface area contributed by atoms with Crippen LogP contribution in [0.1, 0.15) is 17.3 Å². The Labute approximate surface area is 210 Å². The number of hydrogen-bond donors (Lipinski definition) is 1. The van der Waals surface area contributed by atoms with Gasteiger partial charge in [-0.25, -0.2) is 4.79 Å². The Morgan fingerprint density at radius 3 is 2.59 bits per heavy atom. The molecule has 2 heterocycles. The summed E-state index contributed by atoms with van der Waals surface area (Å²) >= 11 is 8.68. The summed E-state index contributed by atoms with van der Waals surface area (Å²) in [6.07, 6.45) is 0. The Balaban J connectivity index is 1.50. The van der Waals surface area contributed by atoms with Crippen LogP contribution in [0, 0.1) is 0 Å². The monoisotopic (exact) mass is 512 g/mol. The van der Waals surface area contributed by atoms with Gasteiger partial charge in [0.25, 0.3) is 0 Å². The number of benzene rings is 2. The zero-order chi connectivity index (χ0) is 24.1. The van der Waals surface area contributed by atoms with E-state index in [9.17, 15) is 9.59 Å². The maximum atomic E-state index is 12.8. The third-order valence-electron chi connectivity index (χ3n) is 4.97. The van der Waals surface area contributed by atoms with E-state index in [-0.39, 0.29) is 11.7 Å². The lowest BCUT2D eigenvalue weighted by Crippen LogP contribution is -2.16. The SMILES string of the molecule is CCn1c(SCC(=O)Nc2scc(-c3ccccc3)c2C(=O)OC)nnc1-c1cccc(Cl)c1. The molecule has 0 saturated heterocycles. The Hall–Kier alpha value is -3.14. The van der Waals surface area contributed by atoms with E-state index in [0.29, 0.717) is 33.1 Å². The lowest BCUT2D eigenvalue weighted by atomic mass is 10.0. The van der Waals surface area contributed by atoms with Crippen LogP contribution < -0.4 is 5.32 Å². The molecule has 0 fully saturated rings. The zero-order valence-electron chi connectivity index (χ0n) is 18.4. The predicted molar refractivity (Wildman–Crippen MR) is 137 cm³/mol. The first-order chi connectivity index (χ1) is 16.5. The summed E-state index contributed by atoms with van der Waals surface area (Å²) in [5.41, 5.74) is 2.79. The van der Waals surface area contributed by atoms with Gasteiger partial charge in [-0.15, -0.1) is 21.5 Å². The number of rotatable bonds is 8. The van der Waals surface area contributed by atoms with E-state index in [1.165, 1.54) is 30.2 Å². The van der Waals surface area contributed by atoms with Crippen molar-refractivity contribution in [3.63, 3.8) is 0 Å². The van der Waals surface area contributed by atoms with Crippen molar-refractivity contribution >= 4 is 51.6 Å². The summed E-state index contributed by atoms with van der Waals surface area (Å²) in [5, 5.41) is 14.9. The van der Waals surface area contributed by atoms with E-state index in [1.54, 1.807) is 6.07 Å². The van der Waals surface area contributed by atoms with Crippen LogP contribution >= 0.6 is 34.7 Å². The van der Waals surface area contributed by atoms with Gasteiger partial charge in [0.1, 0.15) is 10.6 Å². The molecule has 0 spiro atoms. The first-order valence-corrected chi connectivity index (χ1v) is 12.6. The van der Waals surface area contributed by atoms with Crippen molar-refractivity contribution in [1.29, 1.82) is 0 Å². The van der Waals surface area contributed by atoms with Crippen LogP contribution in [-0.4, -0.2) is 39.5 Å². The number of aromatic nitrogens is 3. The summed E-state index contributed by atoms with van der Waals surface area (Å²) in [6, 6.07) is 16.9. The molecule has 34 heavy (non-hydrogen) atoms. The molecule has 0 radical (unpaired) electrons. The van der Waals surface area contributed by atoms with Gasteiger partial charge in [-0.3, -0.25) is 4.79 Å². The summed E-state index contributed by atoms with van der Waals surface area (Å²) in [4.78, 5) is 25.3. The van der Waals surface area contributed by atoms with Gasteiger partial charge in [0.15, 0.2) is 11.0 Å². The van der Waals surface area contributed by atoms with Gasteiger partial charge < -0.3 is 14.6 Å². The fourth-order valence-electron chi connectivity index (χ4n) is 3.40.